The zero-order valence-electron chi connectivity index (χ0n) is 10.3. The highest BCUT2D eigenvalue weighted by atomic mass is 16.3. The summed E-state index contributed by atoms with van der Waals surface area (Å²) in [5, 5.41) is 16.6. The molecule has 0 saturated carbocycles. The molecule has 4 N–H and O–H groups in total. The van der Waals surface area contributed by atoms with Crippen molar-refractivity contribution in [1.29, 1.82) is 0 Å². The van der Waals surface area contributed by atoms with Crippen molar-refractivity contribution in [3.05, 3.63) is 0 Å². The number of rotatable bonds is 5. The molecule has 0 radical (unpaired) electrons. The lowest BCUT2D eigenvalue weighted by molar-refractivity contribution is -0.122. The average molecular weight is 231 g/mol. The first-order valence-electron chi connectivity index (χ1n) is 5.29. The molecule has 0 saturated heterocycles. The van der Waals surface area contributed by atoms with Crippen LogP contribution in [0.5, 0.6) is 0 Å². The molecule has 0 spiro atoms. The van der Waals surface area contributed by atoms with E-state index in [9.17, 15) is 14.7 Å². The standard InChI is InChI=1S/C10H21N3O3/c1-5-10(3,6-14)13-7(2)8(15)12-9(16)11-4/h7,13-14H,5-6H2,1-4H3,(H2,11,12,15,16). The number of amides is 3. The maximum Gasteiger partial charge on any atom is 0.321 e. The molecule has 0 bridgehead atoms. The van der Waals surface area contributed by atoms with Crippen molar-refractivity contribution in [1.82, 2.24) is 16.0 Å². The Balaban J connectivity index is 4.29. The number of aliphatic hydroxyl groups is 1. The Morgan fingerprint density at radius 1 is 1.44 bits per heavy atom. The van der Waals surface area contributed by atoms with Crippen LogP contribution in [0.25, 0.3) is 0 Å². The van der Waals surface area contributed by atoms with Gasteiger partial charge in [-0.3, -0.25) is 15.4 Å². The Labute approximate surface area is 95.8 Å². The average Bonchev–Trinajstić information content (AvgIpc) is 2.28. The zero-order chi connectivity index (χ0) is 12.8. The number of carbonyl (C=O) groups is 2. The summed E-state index contributed by atoms with van der Waals surface area (Å²) < 4.78 is 0. The van der Waals surface area contributed by atoms with Gasteiger partial charge < -0.3 is 10.4 Å². The third-order valence-corrected chi connectivity index (χ3v) is 2.55. The highest BCUT2D eigenvalue weighted by Crippen LogP contribution is 2.08. The van der Waals surface area contributed by atoms with Gasteiger partial charge in [0.1, 0.15) is 0 Å². The van der Waals surface area contributed by atoms with Gasteiger partial charge >= 0.3 is 6.03 Å². The molecule has 6 nitrogen and oxygen atoms in total. The number of hydrogen-bond acceptors (Lipinski definition) is 4. The fourth-order valence-corrected chi connectivity index (χ4v) is 1.13. The molecule has 94 valence electrons. The maximum absolute atomic E-state index is 11.5. The molecule has 6 heteroatoms. The second-order valence-electron chi connectivity index (χ2n) is 4.01. The van der Waals surface area contributed by atoms with Crippen molar-refractivity contribution in [2.24, 2.45) is 0 Å². The molecule has 0 heterocycles. The zero-order valence-corrected chi connectivity index (χ0v) is 10.3. The van der Waals surface area contributed by atoms with E-state index in [1.165, 1.54) is 7.05 Å². The van der Waals surface area contributed by atoms with Crippen LogP contribution in [0.15, 0.2) is 0 Å². The molecule has 0 aliphatic heterocycles. The van der Waals surface area contributed by atoms with Crippen LogP contribution in [-0.2, 0) is 4.79 Å². The van der Waals surface area contributed by atoms with Crippen LogP contribution in [0.2, 0.25) is 0 Å². The van der Waals surface area contributed by atoms with Gasteiger partial charge in [-0.2, -0.15) is 0 Å². The molecular weight excluding hydrogens is 210 g/mol. The first kappa shape index (κ1) is 14.9. The topological polar surface area (TPSA) is 90.5 Å². The van der Waals surface area contributed by atoms with Crippen molar-refractivity contribution >= 4 is 11.9 Å². The molecule has 0 aliphatic carbocycles. The van der Waals surface area contributed by atoms with E-state index >= 15 is 0 Å². The van der Waals surface area contributed by atoms with Crippen LogP contribution < -0.4 is 16.0 Å². The number of aliphatic hydroxyl groups excluding tert-OH is 1. The van der Waals surface area contributed by atoms with E-state index in [2.05, 4.69) is 16.0 Å². The summed E-state index contributed by atoms with van der Waals surface area (Å²) in [6.45, 7) is 5.30. The van der Waals surface area contributed by atoms with Gasteiger partial charge in [0.05, 0.1) is 12.6 Å². The summed E-state index contributed by atoms with van der Waals surface area (Å²) >= 11 is 0. The van der Waals surface area contributed by atoms with Crippen molar-refractivity contribution in [3.8, 4) is 0 Å². The van der Waals surface area contributed by atoms with Gasteiger partial charge in [-0.15, -0.1) is 0 Å². The Morgan fingerprint density at radius 3 is 2.38 bits per heavy atom. The first-order valence-corrected chi connectivity index (χ1v) is 5.29. The SMILES string of the molecule is CCC(C)(CO)NC(C)C(=O)NC(=O)NC. The van der Waals surface area contributed by atoms with Crippen LogP contribution in [0.3, 0.4) is 0 Å². The number of carbonyl (C=O) groups excluding carboxylic acids is 2. The van der Waals surface area contributed by atoms with Crippen molar-refractivity contribution in [2.45, 2.75) is 38.8 Å². The molecule has 0 aromatic rings. The van der Waals surface area contributed by atoms with Crippen molar-refractivity contribution < 1.29 is 14.7 Å². The summed E-state index contributed by atoms with van der Waals surface area (Å²) in [5.41, 5.74) is -0.514. The molecule has 3 amide bonds. The third-order valence-electron chi connectivity index (χ3n) is 2.55. The number of urea groups is 1. The molecule has 0 aromatic carbocycles. The summed E-state index contributed by atoms with van der Waals surface area (Å²) in [4.78, 5) is 22.4. The Hall–Kier alpha value is -1.14. The van der Waals surface area contributed by atoms with E-state index in [0.717, 1.165) is 0 Å². The van der Waals surface area contributed by atoms with Gasteiger partial charge in [-0.25, -0.2) is 4.79 Å². The van der Waals surface area contributed by atoms with E-state index in [0.29, 0.717) is 6.42 Å². The van der Waals surface area contributed by atoms with Gasteiger partial charge in [0.2, 0.25) is 5.91 Å². The van der Waals surface area contributed by atoms with Crippen LogP contribution in [0, 0.1) is 0 Å². The Bertz CT molecular complexity index is 252. The van der Waals surface area contributed by atoms with E-state index < -0.39 is 23.5 Å². The van der Waals surface area contributed by atoms with E-state index in [1.54, 1.807) is 6.92 Å². The molecule has 0 aromatic heterocycles. The minimum Gasteiger partial charge on any atom is -0.394 e. The lowest BCUT2D eigenvalue weighted by Gasteiger charge is -2.30. The smallest absolute Gasteiger partial charge is 0.321 e. The largest absolute Gasteiger partial charge is 0.394 e. The second-order valence-corrected chi connectivity index (χ2v) is 4.01. The minimum atomic E-state index is -0.547. The predicted octanol–water partition coefficient (Wildman–Crippen LogP) is -0.419. The summed E-state index contributed by atoms with van der Waals surface area (Å²) in [7, 11) is 1.44. The first-order chi connectivity index (χ1) is 7.38. The molecule has 2 atom stereocenters. The third kappa shape index (κ3) is 4.59. The molecule has 16 heavy (non-hydrogen) atoms. The van der Waals surface area contributed by atoms with Gasteiger partial charge in [0.15, 0.2) is 0 Å². The monoisotopic (exact) mass is 231 g/mol. The molecule has 0 aliphatic rings. The van der Waals surface area contributed by atoms with Gasteiger partial charge in [0.25, 0.3) is 0 Å². The number of imide groups is 1. The van der Waals surface area contributed by atoms with Crippen LogP contribution >= 0.6 is 0 Å². The lowest BCUT2D eigenvalue weighted by Crippen LogP contribution is -2.56. The number of hydrogen-bond donors (Lipinski definition) is 4. The Morgan fingerprint density at radius 2 is 2.00 bits per heavy atom. The highest BCUT2D eigenvalue weighted by Gasteiger charge is 2.26. The fraction of sp³-hybridized carbons (Fsp3) is 0.800. The fourth-order valence-electron chi connectivity index (χ4n) is 1.13. The minimum absolute atomic E-state index is 0.0684. The van der Waals surface area contributed by atoms with E-state index in [-0.39, 0.29) is 6.61 Å². The lowest BCUT2D eigenvalue weighted by atomic mass is 9.99. The van der Waals surface area contributed by atoms with Crippen molar-refractivity contribution in [2.75, 3.05) is 13.7 Å². The second kappa shape index (κ2) is 6.44. The van der Waals surface area contributed by atoms with Crippen LogP contribution in [-0.4, -0.2) is 42.3 Å². The highest BCUT2D eigenvalue weighted by molar-refractivity contribution is 5.96. The molecular formula is C10H21N3O3. The molecule has 0 fully saturated rings. The normalized spacial score (nSPS) is 16.1. The number of nitrogens with one attached hydrogen (secondary N) is 3. The van der Waals surface area contributed by atoms with Gasteiger partial charge in [0, 0.05) is 12.6 Å². The maximum atomic E-state index is 11.5. The van der Waals surface area contributed by atoms with Gasteiger partial charge in [-0.05, 0) is 20.3 Å². The van der Waals surface area contributed by atoms with Gasteiger partial charge in [-0.1, -0.05) is 6.92 Å². The van der Waals surface area contributed by atoms with Crippen LogP contribution in [0.1, 0.15) is 27.2 Å². The van der Waals surface area contributed by atoms with Crippen molar-refractivity contribution in [3.63, 3.8) is 0 Å². The summed E-state index contributed by atoms with van der Waals surface area (Å²) in [5.74, 6) is -0.424. The summed E-state index contributed by atoms with van der Waals surface area (Å²) in [6, 6.07) is -1.09. The predicted molar refractivity (Wildman–Crippen MR) is 61.0 cm³/mol. The van der Waals surface area contributed by atoms with Crippen LogP contribution in [0.4, 0.5) is 4.79 Å². The summed E-state index contributed by atoms with van der Waals surface area (Å²) in [6.07, 6.45) is 0.682. The van der Waals surface area contributed by atoms with E-state index in [1.807, 2.05) is 13.8 Å². The molecule has 2 unspecified atom stereocenters. The Kier molecular flexibility index (Phi) is 5.98. The molecule has 0 rings (SSSR count). The quantitative estimate of drug-likeness (QED) is 0.517. The van der Waals surface area contributed by atoms with E-state index in [4.69, 9.17) is 0 Å².